The van der Waals surface area contributed by atoms with Gasteiger partial charge in [-0.3, -0.25) is 9.10 Å². The van der Waals surface area contributed by atoms with Crippen molar-refractivity contribution >= 4 is 27.3 Å². The van der Waals surface area contributed by atoms with E-state index in [1.54, 1.807) is 31.2 Å². The smallest absolute Gasteiger partial charge is 0.248 e. The van der Waals surface area contributed by atoms with Crippen LogP contribution in [0.5, 0.6) is 5.75 Å². The second-order valence-corrected chi connectivity index (χ2v) is 8.47. The van der Waals surface area contributed by atoms with Crippen LogP contribution < -0.4 is 14.4 Å². The van der Waals surface area contributed by atoms with Gasteiger partial charge in [0.2, 0.25) is 15.9 Å². The van der Waals surface area contributed by atoms with Gasteiger partial charge in [-0.05, 0) is 62.6 Å². The molecule has 2 rings (SSSR count). The largest absolute Gasteiger partial charge is 0.494 e. The van der Waals surface area contributed by atoms with Gasteiger partial charge in [-0.2, -0.15) is 0 Å². The van der Waals surface area contributed by atoms with E-state index in [-0.39, 0.29) is 5.91 Å². The molecule has 0 heterocycles. The number of anilines is 2. The van der Waals surface area contributed by atoms with Gasteiger partial charge in [0.05, 0.1) is 18.6 Å². The van der Waals surface area contributed by atoms with E-state index in [2.05, 4.69) is 5.32 Å². The Balaban J connectivity index is 2.33. The van der Waals surface area contributed by atoms with E-state index in [4.69, 9.17) is 4.74 Å². The Kier molecular flexibility index (Phi) is 7.07. The van der Waals surface area contributed by atoms with E-state index in [0.29, 0.717) is 18.0 Å². The minimum Gasteiger partial charge on any atom is -0.494 e. The topological polar surface area (TPSA) is 75.7 Å². The molecule has 1 amide bonds. The van der Waals surface area contributed by atoms with Gasteiger partial charge >= 0.3 is 0 Å². The van der Waals surface area contributed by atoms with E-state index in [1.165, 1.54) is 0 Å². The second kappa shape index (κ2) is 9.10. The summed E-state index contributed by atoms with van der Waals surface area (Å²) >= 11 is 0. The molecule has 0 unspecified atom stereocenters. The quantitative estimate of drug-likeness (QED) is 0.727. The highest BCUT2D eigenvalue weighted by Gasteiger charge is 2.29. The lowest BCUT2D eigenvalue weighted by molar-refractivity contribution is -0.116. The number of ether oxygens (including phenoxy) is 1. The molecule has 2 aromatic rings. The number of amides is 1. The zero-order valence-electron chi connectivity index (χ0n) is 17.0. The third-order valence-electron chi connectivity index (χ3n) is 4.48. The molecule has 6 nitrogen and oxygen atoms in total. The number of hydrogen-bond acceptors (Lipinski definition) is 4. The molecule has 0 saturated heterocycles. The lowest BCUT2D eigenvalue weighted by atomic mass is 10.1. The lowest BCUT2D eigenvalue weighted by Gasteiger charge is -2.28. The fourth-order valence-corrected chi connectivity index (χ4v) is 4.27. The molecule has 0 aliphatic heterocycles. The molecule has 0 aliphatic carbocycles. The Morgan fingerprint density at radius 3 is 2.32 bits per heavy atom. The summed E-state index contributed by atoms with van der Waals surface area (Å²) in [6.45, 7) is 7.90. The normalized spacial score (nSPS) is 12.3. The first kappa shape index (κ1) is 21.8. The van der Waals surface area contributed by atoms with Gasteiger partial charge in [-0.25, -0.2) is 8.42 Å². The van der Waals surface area contributed by atoms with Gasteiger partial charge in [0.15, 0.2) is 0 Å². The second-order valence-electron chi connectivity index (χ2n) is 6.61. The molecule has 152 valence electrons. The molecular formula is C21H28N2O4S. The maximum Gasteiger partial charge on any atom is 0.248 e. The summed E-state index contributed by atoms with van der Waals surface area (Å²) in [6.07, 6.45) is 1.86. The monoisotopic (exact) mass is 404 g/mol. The summed E-state index contributed by atoms with van der Waals surface area (Å²) in [4.78, 5) is 12.9. The number of carbonyl (C=O) groups is 1. The molecule has 1 atom stereocenters. The van der Waals surface area contributed by atoms with Crippen molar-refractivity contribution < 1.29 is 17.9 Å². The van der Waals surface area contributed by atoms with E-state index in [0.717, 1.165) is 33.8 Å². The molecule has 0 aromatic heterocycles. The maximum absolute atomic E-state index is 12.9. The van der Waals surface area contributed by atoms with E-state index in [1.807, 2.05) is 39.0 Å². The molecule has 0 spiro atoms. The van der Waals surface area contributed by atoms with Crippen molar-refractivity contribution in [3.05, 3.63) is 53.6 Å². The summed E-state index contributed by atoms with van der Waals surface area (Å²) in [6, 6.07) is 11.6. The predicted octanol–water partition coefficient (Wildman–Crippen LogP) is 3.75. The van der Waals surface area contributed by atoms with Crippen LogP contribution in [0.1, 0.15) is 31.9 Å². The third-order valence-corrected chi connectivity index (χ3v) is 5.72. The van der Waals surface area contributed by atoms with Gasteiger partial charge in [-0.15, -0.1) is 0 Å². The molecule has 0 fully saturated rings. The van der Waals surface area contributed by atoms with E-state index >= 15 is 0 Å². The molecular weight excluding hydrogens is 376 g/mol. The van der Waals surface area contributed by atoms with Crippen molar-refractivity contribution in [3.8, 4) is 5.75 Å². The van der Waals surface area contributed by atoms with E-state index < -0.39 is 16.1 Å². The van der Waals surface area contributed by atoms with Crippen molar-refractivity contribution in [1.82, 2.24) is 0 Å². The number of hydrogen-bond donors (Lipinski definition) is 1. The van der Waals surface area contributed by atoms with Gasteiger partial charge in [-0.1, -0.05) is 25.1 Å². The number of aryl methyl sites for hydroxylation is 2. The minimum atomic E-state index is -3.67. The van der Waals surface area contributed by atoms with Crippen LogP contribution in [-0.4, -0.2) is 33.2 Å². The Bertz CT molecular complexity index is 924. The number of benzene rings is 2. The lowest BCUT2D eigenvalue weighted by Crippen LogP contribution is -2.45. The number of carbonyl (C=O) groups excluding carboxylic acids is 1. The van der Waals surface area contributed by atoms with Crippen LogP contribution in [0.15, 0.2) is 42.5 Å². The Labute approximate surface area is 167 Å². The summed E-state index contributed by atoms with van der Waals surface area (Å²) < 4.78 is 31.4. The number of sulfonamides is 1. The SMILES string of the molecule is CCOc1ccc(N([C@H](C)C(=O)Nc2c(C)cccc2CC)S(C)(=O)=O)cc1. The van der Waals surface area contributed by atoms with Crippen LogP contribution >= 0.6 is 0 Å². The molecule has 2 aromatic carbocycles. The van der Waals surface area contributed by atoms with Crippen molar-refractivity contribution in [2.75, 3.05) is 22.5 Å². The Hall–Kier alpha value is -2.54. The fraction of sp³-hybridized carbons (Fsp3) is 0.381. The Morgan fingerprint density at radius 2 is 1.79 bits per heavy atom. The zero-order valence-corrected chi connectivity index (χ0v) is 17.8. The zero-order chi connectivity index (χ0) is 20.9. The maximum atomic E-state index is 12.9. The number of nitrogens with zero attached hydrogens (tertiary/aromatic N) is 1. The van der Waals surface area contributed by atoms with Crippen molar-refractivity contribution in [2.24, 2.45) is 0 Å². The molecule has 0 bridgehead atoms. The van der Waals surface area contributed by atoms with Gasteiger partial charge < -0.3 is 10.1 Å². The highest BCUT2D eigenvalue weighted by molar-refractivity contribution is 7.92. The van der Waals surface area contributed by atoms with Crippen LogP contribution in [-0.2, 0) is 21.2 Å². The standard InChI is InChI=1S/C21H28N2O4S/c1-6-17-10-8-9-15(3)20(17)22-21(24)16(4)23(28(5,25)26)18-11-13-19(14-12-18)27-7-2/h8-14,16H,6-7H2,1-5H3,(H,22,24)/t16-/m1/s1. The predicted molar refractivity (Wildman–Crippen MR) is 114 cm³/mol. The van der Waals surface area contributed by atoms with E-state index in [9.17, 15) is 13.2 Å². The first-order valence-corrected chi connectivity index (χ1v) is 11.2. The van der Waals surface area contributed by atoms with Crippen LogP contribution in [0, 0.1) is 6.92 Å². The van der Waals surface area contributed by atoms with Gasteiger partial charge in [0.1, 0.15) is 11.8 Å². The molecule has 28 heavy (non-hydrogen) atoms. The number of para-hydroxylation sites is 1. The average molecular weight is 405 g/mol. The highest BCUT2D eigenvalue weighted by atomic mass is 32.2. The van der Waals surface area contributed by atoms with Crippen LogP contribution in [0.25, 0.3) is 0 Å². The minimum absolute atomic E-state index is 0.386. The molecule has 0 aliphatic rings. The summed E-state index contributed by atoms with van der Waals surface area (Å²) in [5.41, 5.74) is 3.09. The Morgan fingerprint density at radius 1 is 1.14 bits per heavy atom. The average Bonchev–Trinajstić information content (AvgIpc) is 2.64. The summed E-state index contributed by atoms with van der Waals surface area (Å²) in [5.74, 6) is 0.257. The summed E-state index contributed by atoms with van der Waals surface area (Å²) in [7, 11) is -3.67. The van der Waals surface area contributed by atoms with Crippen LogP contribution in [0.4, 0.5) is 11.4 Å². The van der Waals surface area contributed by atoms with Crippen molar-refractivity contribution in [2.45, 2.75) is 40.2 Å². The first-order valence-electron chi connectivity index (χ1n) is 9.30. The van der Waals surface area contributed by atoms with Crippen LogP contribution in [0.3, 0.4) is 0 Å². The van der Waals surface area contributed by atoms with Crippen molar-refractivity contribution in [3.63, 3.8) is 0 Å². The first-order chi connectivity index (χ1) is 13.2. The molecule has 0 radical (unpaired) electrons. The molecule has 7 heteroatoms. The van der Waals surface area contributed by atoms with Gasteiger partial charge in [0, 0.05) is 5.69 Å². The molecule has 0 saturated carbocycles. The molecule has 1 N–H and O–H groups in total. The summed E-state index contributed by atoms with van der Waals surface area (Å²) in [5, 5.41) is 2.91. The van der Waals surface area contributed by atoms with Crippen molar-refractivity contribution in [1.29, 1.82) is 0 Å². The number of nitrogens with one attached hydrogen (secondary N) is 1. The van der Waals surface area contributed by atoms with Crippen LogP contribution in [0.2, 0.25) is 0 Å². The third kappa shape index (κ3) is 5.04. The van der Waals surface area contributed by atoms with Gasteiger partial charge in [0.25, 0.3) is 0 Å². The fourth-order valence-electron chi connectivity index (χ4n) is 3.09. The number of rotatable bonds is 8. The highest BCUT2D eigenvalue weighted by Crippen LogP contribution is 2.26.